The number of nitrogens with zero attached hydrogens (tertiary/aromatic N) is 1. The molecule has 0 aromatic carbocycles. The van der Waals surface area contributed by atoms with Crippen molar-refractivity contribution in [1.29, 1.82) is 0 Å². The van der Waals surface area contributed by atoms with Crippen molar-refractivity contribution in [2.45, 2.75) is 57.9 Å². The molecule has 0 saturated carbocycles. The number of furan rings is 1. The summed E-state index contributed by atoms with van der Waals surface area (Å²) in [5.41, 5.74) is 0. The Morgan fingerprint density at radius 2 is 2.05 bits per heavy atom. The smallest absolute Gasteiger partial charge is 0.371 e. The molecule has 21 heavy (non-hydrogen) atoms. The Labute approximate surface area is 125 Å². The van der Waals surface area contributed by atoms with Gasteiger partial charge >= 0.3 is 5.97 Å². The Morgan fingerprint density at radius 1 is 1.43 bits per heavy atom. The highest BCUT2D eigenvalue weighted by atomic mass is 32.2. The molecule has 0 amide bonds. The van der Waals surface area contributed by atoms with Gasteiger partial charge in [0.2, 0.25) is 15.8 Å². The molecule has 120 valence electrons. The minimum atomic E-state index is -3.75. The van der Waals surface area contributed by atoms with Crippen LogP contribution < -0.4 is 0 Å². The minimum Gasteiger partial charge on any atom is -0.475 e. The highest BCUT2D eigenvalue weighted by molar-refractivity contribution is 7.89. The highest BCUT2D eigenvalue weighted by Crippen LogP contribution is 2.26. The van der Waals surface area contributed by atoms with Gasteiger partial charge in [0, 0.05) is 18.7 Å². The number of aromatic carboxylic acids is 1. The van der Waals surface area contributed by atoms with Crippen LogP contribution in [0, 0.1) is 6.92 Å². The fourth-order valence-electron chi connectivity index (χ4n) is 2.05. The third kappa shape index (κ3) is 3.85. The van der Waals surface area contributed by atoms with Gasteiger partial charge < -0.3 is 9.52 Å². The Hall–Kier alpha value is -1.34. The van der Waals surface area contributed by atoms with Crippen LogP contribution in [-0.4, -0.2) is 36.4 Å². The molecule has 0 aliphatic carbocycles. The van der Waals surface area contributed by atoms with Gasteiger partial charge in [-0.3, -0.25) is 0 Å². The van der Waals surface area contributed by atoms with Crippen molar-refractivity contribution in [3.8, 4) is 0 Å². The predicted molar refractivity (Wildman–Crippen MR) is 79.0 cm³/mol. The monoisotopic (exact) mass is 317 g/mol. The summed E-state index contributed by atoms with van der Waals surface area (Å²) in [5, 5.41) is 8.92. The highest BCUT2D eigenvalue weighted by Gasteiger charge is 2.32. The van der Waals surface area contributed by atoms with Crippen molar-refractivity contribution < 1.29 is 22.7 Å². The Balaban J connectivity index is 3.24. The zero-order chi connectivity index (χ0) is 16.2. The topological polar surface area (TPSA) is 87.8 Å². The van der Waals surface area contributed by atoms with Crippen LogP contribution in [0.2, 0.25) is 0 Å². The molecular weight excluding hydrogens is 294 g/mol. The molecule has 7 heteroatoms. The zero-order valence-corrected chi connectivity index (χ0v) is 13.7. The van der Waals surface area contributed by atoms with Crippen molar-refractivity contribution in [3.63, 3.8) is 0 Å². The lowest BCUT2D eigenvalue weighted by molar-refractivity contribution is 0.0661. The number of aryl methyl sites for hydroxylation is 1. The van der Waals surface area contributed by atoms with Crippen LogP contribution in [0.25, 0.3) is 0 Å². The maximum absolute atomic E-state index is 12.8. The lowest BCUT2D eigenvalue weighted by Crippen LogP contribution is -2.39. The van der Waals surface area contributed by atoms with Crippen molar-refractivity contribution >= 4 is 16.0 Å². The van der Waals surface area contributed by atoms with Gasteiger partial charge in [-0.15, -0.1) is 0 Å². The number of carboxylic acids is 1. The average Bonchev–Trinajstić information content (AvgIpc) is 2.81. The first kappa shape index (κ1) is 17.7. The molecule has 0 bridgehead atoms. The lowest BCUT2D eigenvalue weighted by Gasteiger charge is -2.27. The van der Waals surface area contributed by atoms with Crippen molar-refractivity contribution in [2.75, 3.05) is 6.54 Å². The van der Waals surface area contributed by atoms with Gasteiger partial charge in [0.05, 0.1) is 0 Å². The molecule has 1 aromatic rings. The summed E-state index contributed by atoms with van der Waals surface area (Å²) >= 11 is 0. The number of rotatable bonds is 8. The first-order valence-electron chi connectivity index (χ1n) is 7.11. The number of hydrogen-bond donors (Lipinski definition) is 1. The van der Waals surface area contributed by atoms with Crippen molar-refractivity contribution in [1.82, 2.24) is 4.31 Å². The number of sulfonamides is 1. The predicted octanol–water partition coefficient (Wildman–Crippen LogP) is 2.88. The number of carboxylic acid groups (broad SMARTS) is 1. The van der Waals surface area contributed by atoms with E-state index in [0.717, 1.165) is 18.9 Å². The zero-order valence-electron chi connectivity index (χ0n) is 12.9. The molecule has 6 nitrogen and oxygen atoms in total. The maximum atomic E-state index is 12.8. The van der Waals surface area contributed by atoms with Crippen LogP contribution in [0.1, 0.15) is 56.3 Å². The summed E-state index contributed by atoms with van der Waals surface area (Å²) in [6, 6.07) is 0.943. The van der Waals surface area contributed by atoms with Crippen LogP contribution in [-0.2, 0) is 10.0 Å². The van der Waals surface area contributed by atoms with Gasteiger partial charge in [0.1, 0.15) is 10.7 Å². The second-order valence-corrected chi connectivity index (χ2v) is 6.92. The molecule has 0 saturated heterocycles. The summed E-state index contributed by atoms with van der Waals surface area (Å²) in [4.78, 5) is 10.9. The molecule has 1 unspecified atom stereocenters. The summed E-state index contributed by atoms with van der Waals surface area (Å²) < 4.78 is 32.0. The molecule has 0 radical (unpaired) electrons. The number of carbonyl (C=O) groups is 1. The SMILES string of the molecule is CCCCN(C(C)CC)S(=O)(=O)c1cc(C(=O)O)oc1C. The number of hydrogen-bond acceptors (Lipinski definition) is 4. The molecule has 1 rings (SSSR count). The molecule has 1 N–H and O–H groups in total. The minimum absolute atomic E-state index is 0.0590. The van der Waals surface area contributed by atoms with E-state index in [-0.39, 0.29) is 22.5 Å². The van der Waals surface area contributed by atoms with E-state index in [9.17, 15) is 13.2 Å². The molecule has 1 atom stereocenters. The number of unbranched alkanes of at least 4 members (excludes halogenated alkanes) is 1. The van der Waals surface area contributed by atoms with E-state index in [1.807, 2.05) is 20.8 Å². The van der Waals surface area contributed by atoms with E-state index >= 15 is 0 Å². The van der Waals surface area contributed by atoms with E-state index in [4.69, 9.17) is 9.52 Å². The van der Waals surface area contributed by atoms with Gasteiger partial charge in [-0.05, 0) is 26.7 Å². The van der Waals surface area contributed by atoms with Crippen LogP contribution in [0.4, 0.5) is 0 Å². The van der Waals surface area contributed by atoms with Crippen LogP contribution in [0.15, 0.2) is 15.4 Å². The van der Waals surface area contributed by atoms with Crippen molar-refractivity contribution in [3.05, 3.63) is 17.6 Å². The van der Waals surface area contributed by atoms with Crippen LogP contribution in [0.5, 0.6) is 0 Å². The first-order valence-corrected chi connectivity index (χ1v) is 8.55. The van der Waals surface area contributed by atoms with Crippen LogP contribution in [0.3, 0.4) is 0 Å². The molecule has 0 spiro atoms. The average molecular weight is 317 g/mol. The van der Waals surface area contributed by atoms with Gasteiger partial charge in [-0.2, -0.15) is 4.31 Å². The molecule has 1 aromatic heterocycles. The fraction of sp³-hybridized carbons (Fsp3) is 0.643. The molecule has 0 aliphatic heterocycles. The molecule has 0 aliphatic rings. The molecule has 1 heterocycles. The standard InChI is InChI=1S/C14H23NO5S/c1-5-7-8-15(10(3)6-2)21(18,19)13-9-12(14(16)17)20-11(13)4/h9-10H,5-8H2,1-4H3,(H,16,17). The Kier molecular flexibility index (Phi) is 5.98. The van der Waals surface area contributed by atoms with Crippen molar-refractivity contribution in [2.24, 2.45) is 0 Å². The van der Waals surface area contributed by atoms with E-state index in [1.165, 1.54) is 11.2 Å². The van der Waals surface area contributed by atoms with E-state index < -0.39 is 16.0 Å². The van der Waals surface area contributed by atoms with E-state index in [2.05, 4.69) is 0 Å². The largest absolute Gasteiger partial charge is 0.475 e. The second-order valence-electron chi connectivity index (χ2n) is 5.06. The van der Waals surface area contributed by atoms with E-state index in [1.54, 1.807) is 0 Å². The Bertz CT molecular complexity index is 591. The third-order valence-corrected chi connectivity index (χ3v) is 5.61. The molecular formula is C14H23NO5S. The first-order chi connectivity index (χ1) is 9.75. The third-order valence-electron chi connectivity index (χ3n) is 3.48. The summed E-state index contributed by atoms with van der Waals surface area (Å²) in [7, 11) is -3.75. The lowest BCUT2D eigenvalue weighted by atomic mass is 10.2. The van der Waals surface area contributed by atoms with Gasteiger partial charge in [0.15, 0.2) is 0 Å². The van der Waals surface area contributed by atoms with Gasteiger partial charge in [0.25, 0.3) is 0 Å². The van der Waals surface area contributed by atoms with Gasteiger partial charge in [-0.1, -0.05) is 20.3 Å². The normalized spacial score (nSPS) is 13.6. The summed E-state index contributed by atoms with van der Waals surface area (Å²) in [6.07, 6.45) is 2.32. The quantitative estimate of drug-likeness (QED) is 0.796. The maximum Gasteiger partial charge on any atom is 0.371 e. The van der Waals surface area contributed by atoms with E-state index in [0.29, 0.717) is 13.0 Å². The molecule has 0 fully saturated rings. The Morgan fingerprint density at radius 3 is 2.48 bits per heavy atom. The summed E-state index contributed by atoms with van der Waals surface area (Å²) in [6.45, 7) is 7.65. The summed E-state index contributed by atoms with van der Waals surface area (Å²) in [5.74, 6) is -1.52. The second kappa shape index (κ2) is 7.09. The van der Waals surface area contributed by atoms with Crippen LogP contribution >= 0.6 is 0 Å². The van der Waals surface area contributed by atoms with Gasteiger partial charge in [-0.25, -0.2) is 13.2 Å². The fourth-order valence-corrected chi connectivity index (χ4v) is 3.95.